The van der Waals surface area contributed by atoms with Gasteiger partial charge in [0.15, 0.2) is 0 Å². The lowest BCUT2D eigenvalue weighted by Gasteiger charge is -2.06. The molecule has 0 saturated carbocycles. The number of aromatic nitrogens is 3. The number of anilines is 1. The quantitative estimate of drug-likeness (QED) is 0.440. The Morgan fingerprint density at radius 1 is 1.20 bits per heavy atom. The molecule has 8 heteroatoms. The predicted octanol–water partition coefficient (Wildman–Crippen LogP) is 3.53. The number of nitrogens with zero attached hydrogens (tertiary/aromatic N) is 3. The van der Waals surface area contributed by atoms with Gasteiger partial charge in [-0.3, -0.25) is 4.40 Å². The minimum absolute atomic E-state index is 0.175. The molecular weight excluding hydrogens is 328 g/mol. The van der Waals surface area contributed by atoms with Crippen LogP contribution in [-0.2, 0) is 0 Å². The Hall–Kier alpha value is -3.26. The minimum Gasteiger partial charge on any atom is -0.429 e. The minimum atomic E-state index is -0.702. The topological polar surface area (TPSA) is 81.4 Å². The molecule has 0 fully saturated rings. The van der Waals surface area contributed by atoms with Crippen molar-refractivity contribution in [1.82, 2.24) is 14.4 Å². The molecule has 0 aliphatic heterocycles. The van der Waals surface area contributed by atoms with E-state index in [1.54, 1.807) is 35.9 Å². The highest BCUT2D eigenvalue weighted by Crippen LogP contribution is 2.35. The third kappa shape index (κ3) is 2.52. The Morgan fingerprint density at radius 2 is 2.04 bits per heavy atom. The Bertz CT molecular complexity index is 1070. The van der Waals surface area contributed by atoms with Crippen LogP contribution in [0.4, 0.5) is 14.6 Å². The zero-order chi connectivity index (χ0) is 17.6. The smallest absolute Gasteiger partial charge is 0.307 e. The Kier molecular flexibility index (Phi) is 3.47. The molecule has 6 nitrogen and oxygen atoms in total. The number of rotatable bonds is 3. The van der Waals surface area contributed by atoms with Gasteiger partial charge >= 0.3 is 5.84 Å². The molecule has 0 saturated heterocycles. The van der Waals surface area contributed by atoms with Gasteiger partial charge in [0.1, 0.15) is 28.9 Å². The van der Waals surface area contributed by atoms with Crippen LogP contribution < -0.4 is 11.3 Å². The van der Waals surface area contributed by atoms with Crippen LogP contribution in [0.1, 0.15) is 5.76 Å². The number of pyridine rings is 1. The van der Waals surface area contributed by atoms with Gasteiger partial charge in [0, 0.05) is 23.4 Å². The van der Waals surface area contributed by atoms with Crippen LogP contribution in [0.15, 0.2) is 47.1 Å². The normalized spacial score (nSPS) is 11.2. The summed E-state index contributed by atoms with van der Waals surface area (Å²) in [7, 11) is 0. The summed E-state index contributed by atoms with van der Waals surface area (Å²) in [6.45, 7) is 1.79. The number of nitrogens with one attached hydrogen (secondary N) is 1. The van der Waals surface area contributed by atoms with E-state index in [1.807, 2.05) is 0 Å². The van der Waals surface area contributed by atoms with E-state index < -0.39 is 11.6 Å². The maximum absolute atomic E-state index is 14.3. The van der Waals surface area contributed by atoms with E-state index in [9.17, 15) is 8.78 Å². The largest absolute Gasteiger partial charge is 0.429 e. The Labute approximate surface area is 140 Å². The molecule has 25 heavy (non-hydrogen) atoms. The van der Waals surface area contributed by atoms with Crippen LogP contribution >= 0.6 is 0 Å². The molecule has 4 aromatic rings. The molecule has 0 radical (unpaired) electrons. The summed E-state index contributed by atoms with van der Waals surface area (Å²) in [6, 6.07) is 6.83. The average molecular weight is 341 g/mol. The van der Waals surface area contributed by atoms with Crippen molar-refractivity contribution in [1.29, 1.82) is 0 Å². The molecule has 0 aliphatic carbocycles. The molecule has 0 atom stereocenters. The molecule has 1 aromatic carbocycles. The van der Waals surface area contributed by atoms with Crippen molar-refractivity contribution >= 4 is 11.7 Å². The lowest BCUT2D eigenvalue weighted by atomic mass is 10.1. The number of hydrogen-bond acceptors (Lipinski definition) is 5. The molecule has 3 heterocycles. The maximum atomic E-state index is 14.3. The lowest BCUT2D eigenvalue weighted by Crippen LogP contribution is -2.08. The number of benzene rings is 1. The van der Waals surface area contributed by atoms with E-state index in [2.05, 4.69) is 15.4 Å². The van der Waals surface area contributed by atoms with Crippen LogP contribution in [-0.4, -0.2) is 14.4 Å². The monoisotopic (exact) mass is 341 g/mol. The summed E-state index contributed by atoms with van der Waals surface area (Å²) < 4.78 is 34.8. The summed E-state index contributed by atoms with van der Waals surface area (Å²) in [5.41, 5.74) is 4.24. The fraction of sp³-hybridized carbons (Fsp3) is 0.0588. The number of hydrazine groups is 1. The van der Waals surface area contributed by atoms with Crippen LogP contribution in [0.5, 0.6) is 0 Å². The Balaban J connectivity index is 1.99. The maximum Gasteiger partial charge on any atom is 0.307 e. The summed E-state index contributed by atoms with van der Waals surface area (Å²) in [4.78, 5) is 8.56. The number of imidazole rings is 1. The van der Waals surface area contributed by atoms with Gasteiger partial charge in [-0.25, -0.2) is 19.6 Å². The first-order valence-corrected chi connectivity index (χ1v) is 7.44. The molecule has 0 unspecified atom stereocenters. The van der Waals surface area contributed by atoms with Gasteiger partial charge in [-0.15, -0.1) is 0 Å². The van der Waals surface area contributed by atoms with E-state index in [0.29, 0.717) is 34.4 Å². The first-order chi connectivity index (χ1) is 12.1. The third-order valence-corrected chi connectivity index (χ3v) is 3.81. The first kappa shape index (κ1) is 15.3. The average Bonchev–Trinajstić information content (AvgIpc) is 3.10. The molecule has 0 aliphatic rings. The molecule has 126 valence electrons. The molecular formula is C17H13F2N5O. The van der Waals surface area contributed by atoms with E-state index in [0.717, 1.165) is 6.07 Å². The van der Waals surface area contributed by atoms with E-state index >= 15 is 0 Å². The highest BCUT2D eigenvalue weighted by Gasteiger charge is 2.21. The lowest BCUT2D eigenvalue weighted by molar-refractivity contribution is 0.562. The van der Waals surface area contributed by atoms with E-state index in [-0.39, 0.29) is 5.56 Å². The molecule has 0 spiro atoms. The fourth-order valence-corrected chi connectivity index (χ4v) is 2.72. The van der Waals surface area contributed by atoms with Crippen LogP contribution in [0.2, 0.25) is 0 Å². The van der Waals surface area contributed by atoms with E-state index in [1.165, 1.54) is 12.1 Å². The zero-order valence-electron chi connectivity index (χ0n) is 13.1. The van der Waals surface area contributed by atoms with Crippen LogP contribution in [0, 0.1) is 18.6 Å². The molecule has 0 amide bonds. The number of hydrogen-bond donors (Lipinski definition) is 2. The summed E-state index contributed by atoms with van der Waals surface area (Å²) in [5.74, 6) is 5.44. The Morgan fingerprint density at radius 3 is 2.72 bits per heavy atom. The van der Waals surface area contributed by atoms with Crippen molar-refractivity contribution in [2.45, 2.75) is 6.92 Å². The standard InChI is InChI=1S/C17H13F2N5O/c1-9-8-24-16(10-2-5-14(23-20)21-7-10)15(22-17(24)25-9)12-4-3-11(18)6-13(12)19/h2-8H,20H2,1H3,(H,21,23). The number of nitrogens with two attached hydrogens (primary N) is 1. The number of halogens is 2. The molecule has 3 N–H and O–H groups in total. The second-order valence-electron chi connectivity index (χ2n) is 5.50. The van der Waals surface area contributed by atoms with E-state index in [4.69, 9.17) is 10.3 Å². The van der Waals surface area contributed by atoms with Gasteiger partial charge in [-0.2, -0.15) is 4.98 Å². The van der Waals surface area contributed by atoms with Crippen molar-refractivity contribution in [3.8, 4) is 22.5 Å². The summed E-state index contributed by atoms with van der Waals surface area (Å²) in [5, 5.41) is 0. The zero-order valence-corrected chi connectivity index (χ0v) is 13.1. The van der Waals surface area contributed by atoms with Gasteiger partial charge in [-0.05, 0) is 31.2 Å². The molecule has 4 rings (SSSR count). The SMILES string of the molecule is Cc1cn2c(-c3ccc(NN)nc3)c(-c3ccc(F)cc3F)nc2o1. The van der Waals surface area contributed by atoms with Crippen molar-refractivity contribution < 1.29 is 13.2 Å². The van der Waals surface area contributed by atoms with Crippen LogP contribution in [0.25, 0.3) is 28.4 Å². The highest BCUT2D eigenvalue weighted by molar-refractivity contribution is 5.81. The summed E-state index contributed by atoms with van der Waals surface area (Å²) in [6.07, 6.45) is 3.34. The molecule has 0 bridgehead atoms. The van der Waals surface area contributed by atoms with Crippen molar-refractivity contribution in [3.63, 3.8) is 0 Å². The number of oxazole rings is 1. The van der Waals surface area contributed by atoms with Gasteiger partial charge in [-0.1, -0.05) is 0 Å². The van der Waals surface area contributed by atoms with Gasteiger partial charge in [0.25, 0.3) is 0 Å². The van der Waals surface area contributed by atoms with Crippen LogP contribution in [0.3, 0.4) is 0 Å². The first-order valence-electron chi connectivity index (χ1n) is 7.44. The number of nitrogen functional groups attached to an aromatic ring is 1. The third-order valence-electron chi connectivity index (χ3n) is 3.81. The molecule has 3 aromatic heterocycles. The number of aryl methyl sites for hydroxylation is 1. The van der Waals surface area contributed by atoms with Gasteiger partial charge in [0.2, 0.25) is 0 Å². The van der Waals surface area contributed by atoms with Crippen molar-refractivity contribution in [2.24, 2.45) is 5.84 Å². The van der Waals surface area contributed by atoms with Gasteiger partial charge in [0.05, 0.1) is 11.9 Å². The predicted molar refractivity (Wildman–Crippen MR) is 88.6 cm³/mol. The number of fused-ring (bicyclic) bond motifs is 1. The second-order valence-corrected chi connectivity index (χ2v) is 5.50. The fourth-order valence-electron chi connectivity index (χ4n) is 2.72. The van der Waals surface area contributed by atoms with Gasteiger partial charge < -0.3 is 9.84 Å². The second kappa shape index (κ2) is 5.67. The summed E-state index contributed by atoms with van der Waals surface area (Å²) >= 11 is 0. The highest BCUT2D eigenvalue weighted by atomic mass is 19.1. The van der Waals surface area contributed by atoms with Crippen molar-refractivity contribution in [3.05, 3.63) is 60.1 Å². The van der Waals surface area contributed by atoms with Crippen molar-refractivity contribution in [2.75, 3.05) is 5.43 Å².